The zero-order valence-electron chi connectivity index (χ0n) is 5.24. The minimum Gasteiger partial charge on any atom is -0.233 e. The molecule has 0 saturated carbocycles. The Morgan fingerprint density at radius 2 is 1.82 bits per heavy atom. The number of benzene rings is 1. The van der Waals surface area contributed by atoms with Gasteiger partial charge in [0, 0.05) is 0 Å². The Balaban J connectivity index is 3.44. The molecule has 0 bridgehead atoms. The highest BCUT2D eigenvalue weighted by atomic mass is 35.5. The molecule has 0 N–H and O–H groups in total. The first-order valence-corrected chi connectivity index (χ1v) is 3.05. The second-order valence-corrected chi connectivity index (χ2v) is 2.18. The maximum absolute atomic E-state index is 12.6. The lowest BCUT2D eigenvalue weighted by molar-refractivity contribution is 0.605. The first kappa shape index (κ1) is 7.96. The molecule has 0 spiro atoms. The molecule has 0 saturated heterocycles. The quantitative estimate of drug-likeness (QED) is 0.419. The second-order valence-electron chi connectivity index (χ2n) is 1.80. The first-order valence-electron chi connectivity index (χ1n) is 2.67. The summed E-state index contributed by atoms with van der Waals surface area (Å²) in [5.41, 5.74) is -0.466. The summed E-state index contributed by atoms with van der Waals surface area (Å²) >= 11 is 5.27. The van der Waals surface area contributed by atoms with Crippen LogP contribution in [0.4, 0.5) is 14.5 Å². The van der Waals surface area contributed by atoms with Crippen molar-refractivity contribution in [1.82, 2.24) is 0 Å². The average molecular weight is 174 g/mol. The molecule has 1 nitrogen and oxygen atoms in total. The van der Waals surface area contributed by atoms with E-state index in [1.54, 1.807) is 0 Å². The van der Waals surface area contributed by atoms with E-state index >= 15 is 0 Å². The molecular weight excluding hydrogens is 172 g/mol. The fraction of sp³-hybridized carbons (Fsp3) is 0. The highest BCUT2D eigenvalue weighted by Crippen LogP contribution is 2.30. The van der Waals surface area contributed by atoms with Crippen LogP contribution in [0.2, 0.25) is 5.02 Å². The van der Waals surface area contributed by atoms with Gasteiger partial charge in [0.05, 0.1) is 11.6 Å². The fourth-order valence-electron chi connectivity index (χ4n) is 0.619. The summed E-state index contributed by atoms with van der Waals surface area (Å²) in [5, 5.41) is -0.458. The van der Waals surface area contributed by atoms with Crippen molar-refractivity contribution in [2.24, 2.45) is 0 Å². The molecule has 0 aliphatic rings. The molecule has 1 aromatic carbocycles. The zero-order chi connectivity index (χ0) is 8.43. The van der Waals surface area contributed by atoms with Crippen LogP contribution in [0.1, 0.15) is 0 Å². The number of nitrogens with zero attached hydrogens (tertiary/aromatic N) is 1. The largest absolute Gasteiger partial charge is 0.243 e. The lowest BCUT2D eigenvalue weighted by atomic mass is 10.3. The average Bonchev–Trinajstić information content (AvgIpc) is 1.99. The molecule has 0 fully saturated rings. The van der Waals surface area contributed by atoms with E-state index in [-0.39, 0.29) is 0 Å². The Bertz CT molecular complexity index is 330. The predicted octanol–water partition coefficient (Wildman–Crippen LogP) is 3.17. The third-order valence-electron chi connectivity index (χ3n) is 1.13. The van der Waals surface area contributed by atoms with Crippen molar-refractivity contribution < 1.29 is 8.78 Å². The lowest BCUT2D eigenvalue weighted by Crippen LogP contribution is -1.80. The maximum Gasteiger partial charge on any atom is 0.243 e. The predicted molar refractivity (Wildman–Crippen MR) is 37.6 cm³/mol. The van der Waals surface area contributed by atoms with Gasteiger partial charge in [-0.1, -0.05) is 11.6 Å². The van der Waals surface area contributed by atoms with E-state index in [2.05, 4.69) is 4.85 Å². The SMILES string of the molecule is [C-]#[N+]c1c(F)ccc(F)c1Cl. The van der Waals surface area contributed by atoms with Gasteiger partial charge in [0.15, 0.2) is 0 Å². The van der Waals surface area contributed by atoms with Crippen LogP contribution < -0.4 is 0 Å². The van der Waals surface area contributed by atoms with E-state index in [1.165, 1.54) is 0 Å². The summed E-state index contributed by atoms with van der Waals surface area (Å²) in [6.07, 6.45) is 0. The molecule has 11 heavy (non-hydrogen) atoms. The van der Waals surface area contributed by atoms with Crippen molar-refractivity contribution in [2.45, 2.75) is 0 Å². The number of halogens is 3. The van der Waals surface area contributed by atoms with Gasteiger partial charge in [-0.3, -0.25) is 0 Å². The Hall–Kier alpha value is -1.14. The van der Waals surface area contributed by atoms with Crippen LogP contribution in [0.25, 0.3) is 4.85 Å². The topological polar surface area (TPSA) is 4.36 Å². The number of rotatable bonds is 0. The molecule has 0 radical (unpaired) electrons. The molecule has 1 aromatic rings. The third kappa shape index (κ3) is 1.31. The van der Waals surface area contributed by atoms with E-state index in [0.717, 1.165) is 12.1 Å². The monoisotopic (exact) mass is 173 g/mol. The van der Waals surface area contributed by atoms with Gasteiger partial charge in [-0.05, 0) is 12.1 Å². The van der Waals surface area contributed by atoms with Gasteiger partial charge in [-0.15, -0.1) is 0 Å². The van der Waals surface area contributed by atoms with Gasteiger partial charge in [-0.2, -0.15) is 0 Å². The van der Waals surface area contributed by atoms with Crippen molar-refractivity contribution in [2.75, 3.05) is 0 Å². The fourth-order valence-corrected chi connectivity index (χ4v) is 0.814. The van der Waals surface area contributed by atoms with E-state index in [0.29, 0.717) is 0 Å². The van der Waals surface area contributed by atoms with Crippen LogP contribution >= 0.6 is 11.6 Å². The van der Waals surface area contributed by atoms with Crippen molar-refractivity contribution in [3.05, 3.63) is 40.2 Å². The van der Waals surface area contributed by atoms with Gasteiger partial charge in [0.2, 0.25) is 5.69 Å². The summed E-state index contributed by atoms with van der Waals surface area (Å²) in [4.78, 5) is 2.73. The Labute approximate surface area is 67.0 Å². The van der Waals surface area contributed by atoms with Crippen molar-refractivity contribution in [1.29, 1.82) is 0 Å². The van der Waals surface area contributed by atoms with Gasteiger partial charge in [-0.25, -0.2) is 13.6 Å². The van der Waals surface area contributed by atoms with Gasteiger partial charge < -0.3 is 0 Å². The van der Waals surface area contributed by atoms with Crippen LogP contribution in [0.5, 0.6) is 0 Å². The van der Waals surface area contributed by atoms with Gasteiger partial charge in [0.25, 0.3) is 0 Å². The van der Waals surface area contributed by atoms with Crippen LogP contribution in [-0.2, 0) is 0 Å². The van der Waals surface area contributed by atoms with E-state index in [1.807, 2.05) is 0 Å². The molecule has 0 aromatic heterocycles. The highest BCUT2D eigenvalue weighted by Gasteiger charge is 2.10. The molecule has 0 amide bonds. The van der Waals surface area contributed by atoms with Crippen molar-refractivity contribution >= 4 is 17.3 Å². The van der Waals surface area contributed by atoms with Crippen molar-refractivity contribution in [3.8, 4) is 0 Å². The zero-order valence-corrected chi connectivity index (χ0v) is 5.99. The van der Waals surface area contributed by atoms with Crippen LogP contribution in [-0.4, -0.2) is 0 Å². The van der Waals surface area contributed by atoms with Gasteiger partial charge in [0.1, 0.15) is 11.6 Å². The molecule has 4 heteroatoms. The highest BCUT2D eigenvalue weighted by molar-refractivity contribution is 6.33. The molecule has 0 aliphatic heterocycles. The van der Waals surface area contributed by atoms with Gasteiger partial charge >= 0.3 is 0 Å². The number of hydrogen-bond donors (Lipinski definition) is 0. The van der Waals surface area contributed by atoms with Crippen LogP contribution in [0.3, 0.4) is 0 Å². The molecule has 0 heterocycles. The standard InChI is InChI=1S/C7H2ClF2N/c1-11-7-5(10)3-2-4(9)6(7)8/h2-3H. The molecular formula is C7H2ClF2N. The smallest absolute Gasteiger partial charge is 0.233 e. The minimum absolute atomic E-state index is 0.458. The Kier molecular flexibility index (Phi) is 2.06. The Morgan fingerprint density at radius 3 is 2.27 bits per heavy atom. The van der Waals surface area contributed by atoms with Crippen molar-refractivity contribution in [3.63, 3.8) is 0 Å². The molecule has 56 valence electrons. The maximum atomic E-state index is 12.6. The van der Waals surface area contributed by atoms with E-state index in [9.17, 15) is 8.78 Å². The second kappa shape index (κ2) is 2.85. The Morgan fingerprint density at radius 1 is 1.27 bits per heavy atom. The summed E-state index contributed by atoms with van der Waals surface area (Å²) in [7, 11) is 0. The van der Waals surface area contributed by atoms with E-state index < -0.39 is 22.3 Å². The third-order valence-corrected chi connectivity index (χ3v) is 1.49. The van der Waals surface area contributed by atoms with Crippen LogP contribution in [0, 0.1) is 18.2 Å². The summed E-state index contributed by atoms with van der Waals surface area (Å²) < 4.78 is 25.1. The minimum atomic E-state index is -0.800. The normalized spacial score (nSPS) is 9.27. The first-order chi connectivity index (χ1) is 5.16. The number of hydrogen-bond acceptors (Lipinski definition) is 0. The molecule has 0 atom stereocenters. The summed E-state index contributed by atoms with van der Waals surface area (Å²) in [6, 6.07) is 1.75. The molecule has 0 unspecified atom stereocenters. The lowest BCUT2D eigenvalue weighted by Gasteiger charge is -1.96. The summed E-state index contributed by atoms with van der Waals surface area (Å²) in [6.45, 7) is 6.46. The van der Waals surface area contributed by atoms with E-state index in [4.69, 9.17) is 18.2 Å². The molecule has 0 aliphatic carbocycles. The summed E-state index contributed by atoms with van der Waals surface area (Å²) in [5.74, 6) is -1.58. The molecule has 1 rings (SSSR count). The van der Waals surface area contributed by atoms with Crippen LogP contribution in [0.15, 0.2) is 12.1 Å².